The van der Waals surface area contributed by atoms with Crippen LogP contribution < -0.4 is 0 Å². The van der Waals surface area contributed by atoms with Crippen LogP contribution in [0.15, 0.2) is 49.3 Å². The monoisotopic (exact) mass is 253 g/mol. The third-order valence-corrected chi connectivity index (χ3v) is 3.43. The number of amides is 1. The minimum Gasteiger partial charge on any atom is -0.333 e. The molecule has 4 nitrogen and oxygen atoms in total. The molecule has 0 saturated carbocycles. The van der Waals surface area contributed by atoms with E-state index in [0.29, 0.717) is 6.54 Å². The predicted molar refractivity (Wildman–Crippen MR) is 72.9 cm³/mol. The van der Waals surface area contributed by atoms with Crippen LogP contribution in [-0.2, 0) is 17.8 Å². The number of carbonyl (C=O) groups is 1. The van der Waals surface area contributed by atoms with Crippen molar-refractivity contribution in [3.8, 4) is 5.69 Å². The molecule has 0 aliphatic carbocycles. The summed E-state index contributed by atoms with van der Waals surface area (Å²) in [5.74, 6) is -0.0279. The molecule has 2 aromatic rings. The second-order valence-electron chi connectivity index (χ2n) is 4.56. The Labute approximate surface area is 112 Å². The van der Waals surface area contributed by atoms with Gasteiger partial charge in [0.15, 0.2) is 0 Å². The van der Waals surface area contributed by atoms with Crippen LogP contribution in [0.1, 0.15) is 11.4 Å². The van der Waals surface area contributed by atoms with Gasteiger partial charge in [-0.1, -0.05) is 24.8 Å². The average Bonchev–Trinajstić information content (AvgIpc) is 2.90. The Morgan fingerprint density at radius 1 is 1.32 bits per heavy atom. The number of carbonyl (C=O) groups excluding carboxylic acids is 1. The summed E-state index contributed by atoms with van der Waals surface area (Å²) >= 11 is 0. The van der Waals surface area contributed by atoms with Gasteiger partial charge in [0.2, 0.25) is 5.91 Å². The summed E-state index contributed by atoms with van der Waals surface area (Å²) < 4.78 is 2.10. The van der Waals surface area contributed by atoms with Crippen molar-refractivity contribution >= 4 is 5.91 Å². The fraction of sp³-hybridized carbons (Fsp3) is 0.200. The lowest BCUT2D eigenvalue weighted by molar-refractivity contribution is -0.126. The zero-order valence-electron chi connectivity index (χ0n) is 10.6. The van der Waals surface area contributed by atoms with E-state index in [2.05, 4.69) is 28.3 Å². The molecule has 0 spiro atoms. The molecule has 4 heteroatoms. The van der Waals surface area contributed by atoms with Crippen molar-refractivity contribution in [3.63, 3.8) is 0 Å². The highest BCUT2D eigenvalue weighted by atomic mass is 16.2. The van der Waals surface area contributed by atoms with Crippen LogP contribution in [0, 0.1) is 0 Å². The number of hydrogen-bond acceptors (Lipinski definition) is 2. The van der Waals surface area contributed by atoms with E-state index in [1.165, 1.54) is 11.8 Å². The zero-order valence-corrected chi connectivity index (χ0v) is 10.6. The lowest BCUT2D eigenvalue weighted by Gasteiger charge is -2.26. The first-order valence-electron chi connectivity index (χ1n) is 6.31. The second kappa shape index (κ2) is 4.72. The third-order valence-electron chi connectivity index (χ3n) is 3.43. The molecular weight excluding hydrogens is 238 g/mol. The number of benzene rings is 1. The van der Waals surface area contributed by atoms with E-state index in [0.717, 1.165) is 24.3 Å². The fourth-order valence-corrected chi connectivity index (χ4v) is 2.44. The smallest absolute Gasteiger partial charge is 0.246 e. The summed E-state index contributed by atoms with van der Waals surface area (Å²) in [6.45, 7) is 4.82. The van der Waals surface area contributed by atoms with E-state index >= 15 is 0 Å². The van der Waals surface area contributed by atoms with Crippen LogP contribution in [0.3, 0.4) is 0 Å². The number of para-hydroxylation sites is 1. The van der Waals surface area contributed by atoms with Gasteiger partial charge in [-0.2, -0.15) is 0 Å². The molecule has 0 saturated heterocycles. The van der Waals surface area contributed by atoms with Crippen molar-refractivity contribution in [2.45, 2.75) is 13.0 Å². The molecule has 0 atom stereocenters. The molecule has 0 radical (unpaired) electrons. The standard InChI is InChI=1S/C15H15N3O/c1-2-15(19)17-9-8-14-13(10-17)16-11-18(14)12-6-4-3-5-7-12/h2-7,11H,1,8-10H2. The van der Waals surface area contributed by atoms with Crippen LogP contribution in [0.5, 0.6) is 0 Å². The first kappa shape index (κ1) is 11.7. The molecule has 2 heterocycles. The number of rotatable bonds is 2. The largest absolute Gasteiger partial charge is 0.333 e. The SMILES string of the molecule is C=CC(=O)N1CCc2c(ncn2-c2ccccc2)C1. The van der Waals surface area contributed by atoms with Crippen molar-refractivity contribution in [1.82, 2.24) is 14.5 Å². The highest BCUT2D eigenvalue weighted by Crippen LogP contribution is 2.21. The summed E-state index contributed by atoms with van der Waals surface area (Å²) in [6, 6.07) is 10.1. The van der Waals surface area contributed by atoms with Crippen LogP contribution in [0.25, 0.3) is 5.69 Å². The lowest BCUT2D eigenvalue weighted by atomic mass is 10.1. The maximum Gasteiger partial charge on any atom is 0.246 e. The molecule has 19 heavy (non-hydrogen) atoms. The topological polar surface area (TPSA) is 38.1 Å². The van der Waals surface area contributed by atoms with Crippen LogP contribution in [-0.4, -0.2) is 26.9 Å². The number of hydrogen-bond donors (Lipinski definition) is 0. The van der Waals surface area contributed by atoms with E-state index in [9.17, 15) is 4.79 Å². The Kier molecular flexibility index (Phi) is 2.91. The number of imidazole rings is 1. The van der Waals surface area contributed by atoms with Gasteiger partial charge in [-0.25, -0.2) is 4.98 Å². The Hall–Kier alpha value is -2.36. The maximum atomic E-state index is 11.6. The van der Waals surface area contributed by atoms with E-state index in [-0.39, 0.29) is 5.91 Å². The van der Waals surface area contributed by atoms with Gasteiger partial charge in [-0.05, 0) is 18.2 Å². The molecule has 3 rings (SSSR count). The Balaban J connectivity index is 1.92. The van der Waals surface area contributed by atoms with Gasteiger partial charge in [0.05, 0.1) is 18.6 Å². The van der Waals surface area contributed by atoms with E-state index in [1.807, 2.05) is 24.5 Å². The quantitative estimate of drug-likeness (QED) is 0.767. The zero-order chi connectivity index (χ0) is 13.2. The number of fused-ring (bicyclic) bond motifs is 1. The lowest BCUT2D eigenvalue weighted by Crippen LogP contribution is -2.35. The van der Waals surface area contributed by atoms with Crippen molar-refractivity contribution < 1.29 is 4.79 Å². The molecular formula is C15H15N3O. The van der Waals surface area contributed by atoms with Crippen molar-refractivity contribution in [3.05, 3.63) is 60.7 Å². The molecule has 1 aliphatic rings. The van der Waals surface area contributed by atoms with Crippen molar-refractivity contribution in [1.29, 1.82) is 0 Å². The van der Waals surface area contributed by atoms with Gasteiger partial charge in [0.1, 0.15) is 0 Å². The van der Waals surface area contributed by atoms with Gasteiger partial charge in [0.25, 0.3) is 0 Å². The molecule has 0 fully saturated rings. The molecule has 0 N–H and O–H groups in total. The maximum absolute atomic E-state index is 11.6. The van der Waals surface area contributed by atoms with Crippen molar-refractivity contribution in [2.24, 2.45) is 0 Å². The summed E-state index contributed by atoms with van der Waals surface area (Å²) in [5, 5.41) is 0. The Morgan fingerprint density at radius 3 is 2.84 bits per heavy atom. The molecule has 1 aromatic heterocycles. The second-order valence-corrected chi connectivity index (χ2v) is 4.56. The predicted octanol–water partition coefficient (Wildman–Crippen LogP) is 1.94. The van der Waals surface area contributed by atoms with Gasteiger partial charge in [-0.3, -0.25) is 4.79 Å². The van der Waals surface area contributed by atoms with E-state index < -0.39 is 0 Å². The minimum absolute atomic E-state index is 0.0279. The Morgan fingerprint density at radius 2 is 2.11 bits per heavy atom. The third kappa shape index (κ3) is 2.05. The molecule has 1 amide bonds. The normalized spacial score (nSPS) is 14.0. The average molecular weight is 253 g/mol. The highest BCUT2D eigenvalue weighted by molar-refractivity contribution is 5.87. The molecule has 1 aliphatic heterocycles. The van der Waals surface area contributed by atoms with Gasteiger partial charge in [-0.15, -0.1) is 0 Å². The highest BCUT2D eigenvalue weighted by Gasteiger charge is 2.23. The number of nitrogens with zero attached hydrogens (tertiary/aromatic N) is 3. The summed E-state index contributed by atoms with van der Waals surface area (Å²) in [5.41, 5.74) is 3.28. The van der Waals surface area contributed by atoms with Gasteiger partial charge >= 0.3 is 0 Å². The fourth-order valence-electron chi connectivity index (χ4n) is 2.44. The molecule has 0 unspecified atom stereocenters. The summed E-state index contributed by atoms with van der Waals surface area (Å²) in [4.78, 5) is 17.8. The van der Waals surface area contributed by atoms with Gasteiger partial charge in [0, 0.05) is 24.3 Å². The van der Waals surface area contributed by atoms with Crippen LogP contribution >= 0.6 is 0 Å². The minimum atomic E-state index is -0.0279. The number of aromatic nitrogens is 2. The van der Waals surface area contributed by atoms with Gasteiger partial charge < -0.3 is 9.47 Å². The van der Waals surface area contributed by atoms with E-state index in [1.54, 1.807) is 4.90 Å². The van der Waals surface area contributed by atoms with E-state index in [4.69, 9.17) is 0 Å². The first-order valence-corrected chi connectivity index (χ1v) is 6.31. The molecule has 1 aromatic carbocycles. The first-order chi connectivity index (χ1) is 9.29. The summed E-state index contributed by atoms with van der Waals surface area (Å²) in [6.07, 6.45) is 4.02. The summed E-state index contributed by atoms with van der Waals surface area (Å²) in [7, 11) is 0. The molecule has 0 bridgehead atoms. The molecule has 96 valence electrons. The van der Waals surface area contributed by atoms with Crippen LogP contribution in [0.4, 0.5) is 0 Å². The van der Waals surface area contributed by atoms with Crippen LogP contribution in [0.2, 0.25) is 0 Å². The Bertz CT molecular complexity index is 616. The van der Waals surface area contributed by atoms with Crippen molar-refractivity contribution in [2.75, 3.05) is 6.54 Å².